The normalized spacial score (nSPS) is 23.1. The van der Waals surface area contributed by atoms with E-state index in [2.05, 4.69) is 43.3 Å². The molecule has 0 aromatic heterocycles. The summed E-state index contributed by atoms with van der Waals surface area (Å²) in [5.41, 5.74) is 4.06. The number of fused-ring (bicyclic) bond motifs is 1. The predicted octanol–water partition coefficient (Wildman–Crippen LogP) is 5.94. The monoisotopic (exact) mass is 389 g/mol. The van der Waals surface area contributed by atoms with E-state index in [0.29, 0.717) is 0 Å². The van der Waals surface area contributed by atoms with Crippen molar-refractivity contribution in [2.45, 2.75) is 52.1 Å². The number of carbonyl (C=O) groups excluding carboxylic acids is 1. The quantitative estimate of drug-likeness (QED) is 0.647. The minimum Gasteiger partial charge on any atom is -0.483 e. The molecule has 1 heterocycles. The Labute approximate surface area is 174 Å². The van der Waals surface area contributed by atoms with Crippen LogP contribution in [-0.2, 0) is 0 Å². The first-order chi connectivity index (χ1) is 14.0. The molecule has 2 aromatic rings. The van der Waals surface area contributed by atoms with Crippen molar-refractivity contribution in [3.8, 4) is 5.75 Å². The van der Waals surface area contributed by atoms with Gasteiger partial charge in [-0.3, -0.25) is 4.79 Å². The Bertz CT molecular complexity index is 901. The fourth-order valence-corrected chi connectivity index (χ4v) is 4.59. The Hall–Kier alpha value is -2.55. The van der Waals surface area contributed by atoms with Crippen LogP contribution in [0, 0.1) is 5.92 Å². The third-order valence-electron chi connectivity index (χ3n) is 6.51. The van der Waals surface area contributed by atoms with Crippen LogP contribution in [0.2, 0.25) is 0 Å². The van der Waals surface area contributed by atoms with Crippen LogP contribution in [0.4, 0.5) is 0 Å². The van der Waals surface area contributed by atoms with E-state index < -0.39 is 0 Å². The Kier molecular flexibility index (Phi) is 5.49. The van der Waals surface area contributed by atoms with E-state index in [1.165, 1.54) is 18.4 Å². The fraction of sp³-hybridized carbons (Fsp3) is 0.423. The molecule has 2 aromatic carbocycles. The van der Waals surface area contributed by atoms with Gasteiger partial charge in [0.05, 0.1) is 0 Å². The van der Waals surface area contributed by atoms with E-state index in [1.54, 1.807) is 0 Å². The first kappa shape index (κ1) is 19.8. The number of amides is 1. The maximum atomic E-state index is 12.7. The van der Waals surface area contributed by atoms with Crippen LogP contribution in [0.25, 0.3) is 5.57 Å². The van der Waals surface area contributed by atoms with Crippen LogP contribution in [0.5, 0.6) is 5.75 Å². The molecule has 1 aliphatic heterocycles. The third kappa shape index (κ3) is 3.83. The molecular weight excluding hydrogens is 358 g/mol. The van der Waals surface area contributed by atoms with E-state index in [9.17, 15) is 4.79 Å². The Morgan fingerprint density at radius 1 is 1.03 bits per heavy atom. The highest BCUT2D eigenvalue weighted by Crippen LogP contribution is 2.45. The molecule has 1 fully saturated rings. The van der Waals surface area contributed by atoms with Crippen molar-refractivity contribution in [2.75, 3.05) is 13.1 Å². The highest BCUT2D eigenvalue weighted by atomic mass is 16.5. The number of rotatable bonds is 4. The first-order valence-electron chi connectivity index (χ1n) is 11.0. The lowest BCUT2D eigenvalue weighted by Crippen LogP contribution is -2.40. The zero-order valence-electron chi connectivity index (χ0n) is 17.8. The number of nitrogens with zero attached hydrogens (tertiary/aromatic N) is 1. The van der Waals surface area contributed by atoms with Gasteiger partial charge in [-0.2, -0.15) is 0 Å². The predicted molar refractivity (Wildman–Crippen MR) is 118 cm³/mol. The molecular formula is C26H31NO2. The average Bonchev–Trinajstić information content (AvgIpc) is 2.76. The molecule has 1 amide bonds. The van der Waals surface area contributed by atoms with E-state index in [1.807, 2.05) is 36.9 Å². The highest BCUT2D eigenvalue weighted by Gasteiger charge is 2.38. The number of benzene rings is 2. The number of hydrogen-bond donors (Lipinski definition) is 0. The van der Waals surface area contributed by atoms with Crippen molar-refractivity contribution < 1.29 is 9.53 Å². The minimum absolute atomic E-state index is 0.0978. The summed E-state index contributed by atoms with van der Waals surface area (Å²) >= 11 is 0. The Morgan fingerprint density at radius 3 is 2.34 bits per heavy atom. The van der Waals surface area contributed by atoms with E-state index in [0.717, 1.165) is 54.3 Å². The summed E-state index contributed by atoms with van der Waals surface area (Å²) < 4.78 is 6.55. The third-order valence-corrected chi connectivity index (χ3v) is 6.51. The smallest absolute Gasteiger partial charge is 0.253 e. The summed E-state index contributed by atoms with van der Waals surface area (Å²) in [5, 5.41) is 0. The van der Waals surface area contributed by atoms with Gasteiger partial charge >= 0.3 is 0 Å². The number of hydrogen-bond acceptors (Lipinski definition) is 2. The van der Waals surface area contributed by atoms with E-state index in [4.69, 9.17) is 4.74 Å². The largest absolute Gasteiger partial charge is 0.483 e. The molecule has 0 atom stereocenters. The lowest BCUT2D eigenvalue weighted by molar-refractivity contribution is 0.0600. The second-order valence-electron chi connectivity index (χ2n) is 8.46. The average molecular weight is 390 g/mol. The van der Waals surface area contributed by atoms with Gasteiger partial charge < -0.3 is 9.64 Å². The number of carbonyl (C=O) groups is 1. The van der Waals surface area contributed by atoms with Crippen LogP contribution in [0.3, 0.4) is 0 Å². The van der Waals surface area contributed by atoms with Crippen molar-refractivity contribution in [1.82, 2.24) is 4.90 Å². The summed E-state index contributed by atoms with van der Waals surface area (Å²) in [6.45, 7) is 7.83. The molecule has 0 saturated heterocycles. The molecule has 29 heavy (non-hydrogen) atoms. The molecule has 152 valence electrons. The van der Waals surface area contributed by atoms with Crippen molar-refractivity contribution in [1.29, 1.82) is 0 Å². The highest BCUT2D eigenvalue weighted by molar-refractivity contribution is 5.95. The standard InChI is InChI=1S/C26H31NO2/c1-4-27(5-2)25(28)21-12-10-20(11-13-21)23-18-26(16-14-19(3)15-17-26)29-24-9-7-6-8-22(23)24/h6-13,18-19H,4-5,14-17H2,1-3H3. The zero-order valence-corrected chi connectivity index (χ0v) is 17.8. The van der Waals surface area contributed by atoms with Crippen LogP contribution < -0.4 is 4.74 Å². The molecule has 1 saturated carbocycles. The van der Waals surface area contributed by atoms with Gasteiger partial charge in [0.1, 0.15) is 11.4 Å². The van der Waals surface area contributed by atoms with Crippen LogP contribution in [0.15, 0.2) is 54.6 Å². The molecule has 3 heteroatoms. The summed E-state index contributed by atoms with van der Waals surface area (Å²) in [6, 6.07) is 16.4. The van der Waals surface area contributed by atoms with Gasteiger partial charge in [0.25, 0.3) is 5.91 Å². The van der Waals surface area contributed by atoms with Gasteiger partial charge in [-0.1, -0.05) is 37.3 Å². The molecule has 0 radical (unpaired) electrons. The molecule has 2 aliphatic rings. The van der Waals surface area contributed by atoms with Gasteiger partial charge in [0.2, 0.25) is 0 Å². The summed E-state index contributed by atoms with van der Waals surface area (Å²) in [5.74, 6) is 1.84. The lowest BCUT2D eigenvalue weighted by atomic mass is 9.76. The summed E-state index contributed by atoms with van der Waals surface area (Å²) in [7, 11) is 0. The molecule has 0 unspecified atom stereocenters. The Morgan fingerprint density at radius 2 is 1.69 bits per heavy atom. The molecule has 4 rings (SSSR count). The first-order valence-corrected chi connectivity index (χ1v) is 11.0. The summed E-state index contributed by atoms with van der Waals surface area (Å²) in [4.78, 5) is 14.5. The maximum Gasteiger partial charge on any atom is 0.253 e. The molecule has 1 spiro atoms. The SMILES string of the molecule is CCN(CC)C(=O)c1ccc(C2=CC3(CCC(C)CC3)Oc3ccccc32)cc1. The van der Waals surface area contributed by atoms with Crippen molar-refractivity contribution in [2.24, 2.45) is 5.92 Å². The lowest BCUT2D eigenvalue weighted by Gasteiger charge is -2.41. The number of ether oxygens (including phenoxy) is 1. The fourth-order valence-electron chi connectivity index (χ4n) is 4.59. The van der Waals surface area contributed by atoms with Gasteiger partial charge in [0.15, 0.2) is 0 Å². The molecule has 1 aliphatic carbocycles. The zero-order chi connectivity index (χ0) is 20.4. The topological polar surface area (TPSA) is 29.5 Å². The second-order valence-corrected chi connectivity index (χ2v) is 8.46. The molecule has 0 N–H and O–H groups in total. The van der Waals surface area contributed by atoms with Crippen LogP contribution in [-0.4, -0.2) is 29.5 Å². The minimum atomic E-state index is -0.202. The van der Waals surface area contributed by atoms with E-state index >= 15 is 0 Å². The van der Waals surface area contributed by atoms with Gasteiger partial charge in [-0.25, -0.2) is 0 Å². The maximum absolute atomic E-state index is 12.7. The van der Waals surface area contributed by atoms with Gasteiger partial charge in [0, 0.05) is 24.2 Å². The van der Waals surface area contributed by atoms with Crippen molar-refractivity contribution in [3.05, 3.63) is 71.3 Å². The van der Waals surface area contributed by atoms with Crippen LogP contribution in [0.1, 0.15) is 67.9 Å². The summed E-state index contributed by atoms with van der Waals surface area (Å²) in [6.07, 6.45) is 6.87. The van der Waals surface area contributed by atoms with Crippen LogP contribution >= 0.6 is 0 Å². The number of para-hydroxylation sites is 1. The molecule has 3 nitrogen and oxygen atoms in total. The van der Waals surface area contributed by atoms with Gasteiger partial charge in [-0.05, 0) is 80.9 Å². The van der Waals surface area contributed by atoms with Gasteiger partial charge in [-0.15, -0.1) is 0 Å². The Balaban J connectivity index is 1.70. The van der Waals surface area contributed by atoms with Crippen molar-refractivity contribution in [3.63, 3.8) is 0 Å². The second kappa shape index (κ2) is 8.06. The molecule has 0 bridgehead atoms. The van der Waals surface area contributed by atoms with E-state index in [-0.39, 0.29) is 11.5 Å². The van der Waals surface area contributed by atoms with Crippen molar-refractivity contribution >= 4 is 11.5 Å².